The standard InChI is InChI=1S/C30H39ClFN7O5S/c1-44-29(41)38-15-13-30(14-16-38,20-7-9-21(31)10-8-20)27(36-37-33)28(40)35-26-6-2-5-25(32)24(26)12-11-23-18-34-22-4-3-17-45(42,43)39(23)19-22/h2,5-10,22-23,27,33-34H,3-4,11-19H2,1H3,(H2-,35,40,42,43)/p+1/t22-,23+,27-/m1/s1. The molecule has 5 rings (SSSR count). The zero-order valence-electron chi connectivity index (χ0n) is 25.1. The van der Waals surface area contributed by atoms with Gasteiger partial charge in [-0.25, -0.2) is 13.5 Å². The first-order valence-corrected chi connectivity index (χ1v) is 17.1. The number of piperazine rings is 1. The summed E-state index contributed by atoms with van der Waals surface area (Å²) in [5, 5.41) is 11.0. The average Bonchev–Trinajstić information content (AvgIpc) is 3.15. The second kappa shape index (κ2) is 14.1. The topological polar surface area (TPSA) is 165 Å². The van der Waals surface area contributed by atoms with Crippen molar-refractivity contribution in [2.75, 3.05) is 44.4 Å². The van der Waals surface area contributed by atoms with Crippen molar-refractivity contribution in [2.45, 2.75) is 62.1 Å². The van der Waals surface area contributed by atoms with Gasteiger partial charge in [0, 0.05) is 60.0 Å². The molecule has 0 spiro atoms. The second-order valence-electron chi connectivity index (χ2n) is 11.9. The van der Waals surface area contributed by atoms with Gasteiger partial charge in [-0.3, -0.25) is 13.9 Å². The van der Waals surface area contributed by atoms with E-state index in [0.29, 0.717) is 48.7 Å². The number of carbonyl (C=O) groups is 2. The smallest absolute Gasteiger partial charge is 0.409 e. The van der Waals surface area contributed by atoms with Gasteiger partial charge in [-0.15, -0.1) is 10.8 Å². The van der Waals surface area contributed by atoms with Crippen LogP contribution in [0, 0.1) is 11.3 Å². The molecule has 0 saturated carbocycles. The van der Waals surface area contributed by atoms with Crippen molar-refractivity contribution in [1.29, 1.82) is 5.53 Å². The number of methoxy groups -OCH3 is 1. The van der Waals surface area contributed by atoms with E-state index in [9.17, 15) is 18.7 Å². The fourth-order valence-electron chi connectivity index (χ4n) is 6.91. The predicted molar refractivity (Wildman–Crippen MR) is 170 cm³/mol. The van der Waals surface area contributed by atoms with Crippen molar-refractivity contribution >= 4 is 40.1 Å². The predicted octanol–water partition coefficient (Wildman–Crippen LogP) is 5.17. The normalized spacial score (nSPS) is 25.2. The van der Waals surface area contributed by atoms with E-state index < -0.39 is 40.1 Å². The van der Waals surface area contributed by atoms with Crippen LogP contribution in [0.2, 0.25) is 5.02 Å². The number of fused-ring (bicyclic) bond motifs is 2. The van der Waals surface area contributed by atoms with Crippen molar-refractivity contribution in [3.05, 3.63) is 64.4 Å². The zero-order valence-corrected chi connectivity index (χ0v) is 26.7. The minimum Gasteiger partial charge on any atom is -0.453 e. The minimum atomic E-state index is -2.91. The number of likely N-dealkylation sites (tertiary alicyclic amines) is 1. The third kappa shape index (κ3) is 7.17. The number of piperidine rings is 1. The Hall–Kier alpha value is -3.10. The number of rotatable bonds is 8. The maximum Gasteiger partial charge on any atom is 0.409 e. The van der Waals surface area contributed by atoms with Gasteiger partial charge in [0.1, 0.15) is 16.5 Å². The van der Waals surface area contributed by atoms with E-state index in [1.54, 1.807) is 39.5 Å². The van der Waals surface area contributed by atoms with Crippen LogP contribution in [0.15, 0.2) is 47.6 Å². The number of ether oxygens (including phenoxy) is 1. The number of amides is 2. The lowest BCUT2D eigenvalue weighted by Crippen LogP contribution is -2.55. The quantitative estimate of drug-likeness (QED) is 0.192. The van der Waals surface area contributed by atoms with E-state index in [-0.39, 0.29) is 37.3 Å². The molecule has 45 heavy (non-hydrogen) atoms. The lowest BCUT2D eigenvalue weighted by Gasteiger charge is -2.49. The Labute approximate surface area is 268 Å². The van der Waals surface area contributed by atoms with Gasteiger partial charge in [0.05, 0.1) is 12.9 Å². The van der Waals surface area contributed by atoms with Crippen LogP contribution in [-0.2, 0) is 21.4 Å². The molecular weight excluding hydrogens is 625 g/mol. The Morgan fingerprint density at radius 3 is 2.69 bits per heavy atom. The molecule has 15 heteroatoms. The molecule has 2 bridgehead atoms. The summed E-state index contributed by atoms with van der Waals surface area (Å²) in [6.07, 6.45) is 2.46. The molecule has 0 aromatic heterocycles. The van der Waals surface area contributed by atoms with Gasteiger partial charge in [-0.05, 0) is 68.4 Å². The van der Waals surface area contributed by atoms with Gasteiger partial charge in [0.2, 0.25) is 11.0 Å². The first-order valence-electron chi connectivity index (χ1n) is 15.1. The van der Waals surface area contributed by atoms with Crippen LogP contribution in [-0.4, -0.2) is 87.5 Å². The zero-order chi connectivity index (χ0) is 32.2. The molecule has 2 amide bonds. The highest BCUT2D eigenvalue weighted by molar-refractivity contribution is 8.22. The number of benzene rings is 2. The van der Waals surface area contributed by atoms with Gasteiger partial charge in [-0.1, -0.05) is 29.8 Å². The number of hydrogen-bond donors (Lipinski definition) is 5. The number of anilines is 1. The van der Waals surface area contributed by atoms with E-state index in [1.165, 1.54) is 19.2 Å². The van der Waals surface area contributed by atoms with Crippen LogP contribution < -0.4 is 15.5 Å². The average molecular weight is 665 g/mol. The summed E-state index contributed by atoms with van der Waals surface area (Å²) in [6.45, 7) is 1.64. The van der Waals surface area contributed by atoms with E-state index in [4.69, 9.17) is 21.9 Å². The molecule has 5 N–H and O–H groups in total. The van der Waals surface area contributed by atoms with Crippen LogP contribution in [0.25, 0.3) is 0 Å². The fraction of sp³-hybridized carbons (Fsp3) is 0.533. The molecule has 3 heterocycles. The Morgan fingerprint density at radius 1 is 1.27 bits per heavy atom. The SMILES string of the molecule is COC(=O)N1CCC(c2ccc(Cl)cc2)([C@H](N=[N+]=N)C(=O)Nc2cccc(F)c2CC[C@H]2CN[C@@H]3CCCS(O)(O)N2C3)CC1. The van der Waals surface area contributed by atoms with Crippen LogP contribution in [0.1, 0.15) is 43.2 Å². The van der Waals surface area contributed by atoms with Gasteiger partial charge in [-0.2, -0.15) is 0 Å². The maximum atomic E-state index is 15.4. The Morgan fingerprint density at radius 2 is 2.00 bits per heavy atom. The summed E-state index contributed by atoms with van der Waals surface area (Å²) in [4.78, 5) is 31.1. The summed E-state index contributed by atoms with van der Waals surface area (Å²) in [5.41, 5.74) is 7.94. The molecule has 1 unspecified atom stereocenters. The monoisotopic (exact) mass is 664 g/mol. The third-order valence-electron chi connectivity index (χ3n) is 9.35. The summed E-state index contributed by atoms with van der Waals surface area (Å²) in [5.74, 6) is -0.737. The van der Waals surface area contributed by atoms with Crippen molar-refractivity contribution in [2.24, 2.45) is 5.11 Å². The fourth-order valence-corrected chi connectivity index (χ4v) is 8.90. The Balaban J connectivity index is 1.40. The van der Waals surface area contributed by atoms with E-state index in [1.807, 2.05) is 0 Å². The molecule has 3 saturated heterocycles. The summed E-state index contributed by atoms with van der Waals surface area (Å²) in [7, 11) is -1.60. The molecule has 3 aliphatic rings. The Kier molecular flexibility index (Phi) is 10.4. The first kappa shape index (κ1) is 33.3. The van der Waals surface area contributed by atoms with Crippen LogP contribution in [0.4, 0.5) is 14.9 Å². The molecule has 4 atom stereocenters. The molecule has 2 aromatic carbocycles. The second-order valence-corrected chi connectivity index (χ2v) is 14.4. The van der Waals surface area contributed by atoms with Gasteiger partial charge in [0.25, 0.3) is 5.91 Å². The number of hydrogen-bond acceptors (Lipinski definition) is 9. The molecule has 244 valence electrons. The van der Waals surface area contributed by atoms with Crippen LogP contribution in [0.3, 0.4) is 0 Å². The molecule has 3 fully saturated rings. The van der Waals surface area contributed by atoms with Crippen LogP contribution in [0.5, 0.6) is 0 Å². The summed E-state index contributed by atoms with van der Waals surface area (Å²) in [6, 6.07) is 10.3. The van der Waals surface area contributed by atoms with Crippen LogP contribution >= 0.6 is 22.4 Å². The lowest BCUT2D eigenvalue weighted by molar-refractivity contribution is -0.119. The largest absolute Gasteiger partial charge is 0.453 e. The molecule has 0 radical (unpaired) electrons. The molecule has 0 aliphatic carbocycles. The minimum absolute atomic E-state index is 0.189. The maximum absolute atomic E-state index is 15.4. The van der Waals surface area contributed by atoms with Crippen molar-refractivity contribution in [3.8, 4) is 0 Å². The van der Waals surface area contributed by atoms with E-state index in [2.05, 4.69) is 20.7 Å². The number of nitrogens with one attached hydrogen (secondary N) is 3. The van der Waals surface area contributed by atoms with Crippen molar-refractivity contribution < 1.29 is 27.8 Å². The summed E-state index contributed by atoms with van der Waals surface area (Å²) >= 11 is 6.17. The molecule has 12 nitrogen and oxygen atoms in total. The highest BCUT2D eigenvalue weighted by atomic mass is 35.5. The van der Waals surface area contributed by atoms with Gasteiger partial charge >= 0.3 is 6.09 Å². The third-order valence-corrected chi connectivity index (χ3v) is 11.6. The Bertz CT molecular complexity index is 1440. The highest BCUT2D eigenvalue weighted by Gasteiger charge is 2.50. The van der Waals surface area contributed by atoms with E-state index >= 15 is 4.39 Å². The van der Waals surface area contributed by atoms with E-state index in [0.717, 1.165) is 18.4 Å². The van der Waals surface area contributed by atoms with Gasteiger partial charge in [0.15, 0.2) is 0 Å². The number of halogens is 2. The number of nitrogens with zero attached hydrogens (tertiary/aromatic N) is 4. The lowest BCUT2D eigenvalue weighted by atomic mass is 9.67. The van der Waals surface area contributed by atoms with Crippen molar-refractivity contribution in [3.63, 3.8) is 0 Å². The van der Waals surface area contributed by atoms with Crippen molar-refractivity contribution in [1.82, 2.24) is 19.4 Å². The molecule has 2 aromatic rings. The molecular formula is C30H40ClFN7O5S+. The summed E-state index contributed by atoms with van der Waals surface area (Å²) < 4.78 is 43.7. The number of carbonyl (C=O) groups excluding carboxylic acids is 2. The highest BCUT2D eigenvalue weighted by Crippen LogP contribution is 2.49. The van der Waals surface area contributed by atoms with Gasteiger partial charge < -0.3 is 20.3 Å². The first-order chi connectivity index (χ1) is 21.6. The molecule has 3 aliphatic heterocycles.